The fourth-order valence-electron chi connectivity index (χ4n) is 2.94. The minimum atomic E-state index is -0.102. The molecule has 25 heavy (non-hydrogen) atoms. The standard InChI is InChI=1S/C19H29N3O3/c1-2-20-11-12-21-19(24)16-7-6-13-22(15-16)18(23)10-14-25-17-8-4-3-5-9-17/h3-5,8-9,16,20H,2,6-7,10-15H2,1H3,(H,21,24). The number of nitrogens with one attached hydrogen (secondary N) is 2. The number of nitrogens with zero attached hydrogens (tertiary/aromatic N) is 1. The maximum Gasteiger partial charge on any atom is 0.226 e. The molecule has 0 aliphatic carbocycles. The number of carbonyl (C=O) groups is 2. The first-order valence-electron chi connectivity index (χ1n) is 9.14. The molecule has 2 N–H and O–H groups in total. The molecule has 1 fully saturated rings. The predicted molar refractivity (Wildman–Crippen MR) is 97.4 cm³/mol. The van der Waals surface area contributed by atoms with E-state index < -0.39 is 0 Å². The number of rotatable bonds is 9. The van der Waals surface area contributed by atoms with Gasteiger partial charge in [-0.15, -0.1) is 0 Å². The first-order valence-corrected chi connectivity index (χ1v) is 9.14. The minimum Gasteiger partial charge on any atom is -0.493 e. The van der Waals surface area contributed by atoms with Crippen molar-refractivity contribution in [3.8, 4) is 5.75 Å². The van der Waals surface area contributed by atoms with E-state index >= 15 is 0 Å². The van der Waals surface area contributed by atoms with Gasteiger partial charge in [-0.25, -0.2) is 0 Å². The molecule has 1 aromatic carbocycles. The molecule has 0 aromatic heterocycles. The number of hydrogen-bond donors (Lipinski definition) is 2. The summed E-state index contributed by atoms with van der Waals surface area (Å²) < 4.78 is 5.58. The molecule has 1 saturated heterocycles. The molecule has 1 heterocycles. The highest BCUT2D eigenvalue weighted by molar-refractivity contribution is 5.81. The van der Waals surface area contributed by atoms with Crippen molar-refractivity contribution < 1.29 is 14.3 Å². The number of piperidine rings is 1. The molecule has 1 aliphatic rings. The first kappa shape index (κ1) is 19.2. The largest absolute Gasteiger partial charge is 0.493 e. The lowest BCUT2D eigenvalue weighted by Gasteiger charge is -2.32. The van der Waals surface area contributed by atoms with Gasteiger partial charge in [0.1, 0.15) is 5.75 Å². The molecular weight excluding hydrogens is 318 g/mol. The van der Waals surface area contributed by atoms with Crippen molar-refractivity contribution in [1.29, 1.82) is 0 Å². The molecule has 1 atom stereocenters. The average Bonchev–Trinajstić information content (AvgIpc) is 2.66. The topological polar surface area (TPSA) is 70.7 Å². The van der Waals surface area contributed by atoms with E-state index in [0.717, 1.165) is 38.2 Å². The Labute approximate surface area is 149 Å². The molecule has 1 aliphatic heterocycles. The summed E-state index contributed by atoms with van der Waals surface area (Å²) in [7, 11) is 0. The normalized spacial score (nSPS) is 17.2. The van der Waals surface area contributed by atoms with Crippen LogP contribution in [0.5, 0.6) is 5.75 Å². The molecule has 2 amide bonds. The van der Waals surface area contributed by atoms with Gasteiger partial charge in [0.15, 0.2) is 0 Å². The third-order valence-corrected chi connectivity index (χ3v) is 4.32. The second-order valence-corrected chi connectivity index (χ2v) is 6.24. The van der Waals surface area contributed by atoms with Gasteiger partial charge in [-0.05, 0) is 31.5 Å². The number of carbonyl (C=O) groups excluding carboxylic acids is 2. The van der Waals surface area contributed by atoms with Crippen LogP contribution in [0.3, 0.4) is 0 Å². The summed E-state index contributed by atoms with van der Waals surface area (Å²) in [5.74, 6) is 0.776. The molecule has 6 heteroatoms. The number of para-hydroxylation sites is 1. The number of amides is 2. The number of hydrogen-bond acceptors (Lipinski definition) is 4. The smallest absolute Gasteiger partial charge is 0.226 e. The van der Waals surface area contributed by atoms with E-state index in [2.05, 4.69) is 10.6 Å². The van der Waals surface area contributed by atoms with Crippen LogP contribution in [0.25, 0.3) is 0 Å². The quantitative estimate of drug-likeness (QED) is 0.663. The first-order chi connectivity index (χ1) is 12.2. The van der Waals surface area contributed by atoms with E-state index in [1.807, 2.05) is 37.3 Å². The number of likely N-dealkylation sites (tertiary alicyclic amines) is 1. The van der Waals surface area contributed by atoms with Crippen molar-refractivity contribution in [3.63, 3.8) is 0 Å². The van der Waals surface area contributed by atoms with Gasteiger partial charge < -0.3 is 20.3 Å². The van der Waals surface area contributed by atoms with Crippen LogP contribution >= 0.6 is 0 Å². The van der Waals surface area contributed by atoms with Gasteiger partial charge in [-0.1, -0.05) is 25.1 Å². The lowest BCUT2D eigenvalue weighted by atomic mass is 9.97. The third kappa shape index (κ3) is 6.74. The Hall–Kier alpha value is -2.08. The lowest BCUT2D eigenvalue weighted by molar-refractivity contribution is -0.136. The van der Waals surface area contributed by atoms with Gasteiger partial charge in [0, 0.05) is 26.2 Å². The summed E-state index contributed by atoms with van der Waals surface area (Å²) in [6.07, 6.45) is 2.05. The highest BCUT2D eigenvalue weighted by Crippen LogP contribution is 2.17. The predicted octanol–water partition coefficient (Wildman–Crippen LogP) is 1.42. The van der Waals surface area contributed by atoms with Crippen molar-refractivity contribution in [2.75, 3.05) is 39.3 Å². The number of ether oxygens (including phenoxy) is 1. The van der Waals surface area contributed by atoms with Crippen molar-refractivity contribution >= 4 is 11.8 Å². The zero-order chi connectivity index (χ0) is 17.9. The zero-order valence-electron chi connectivity index (χ0n) is 15.0. The van der Waals surface area contributed by atoms with E-state index in [-0.39, 0.29) is 17.7 Å². The number of likely N-dealkylation sites (N-methyl/N-ethyl adjacent to an activating group) is 1. The van der Waals surface area contributed by atoms with E-state index in [4.69, 9.17) is 4.74 Å². The summed E-state index contributed by atoms with van der Waals surface area (Å²) >= 11 is 0. The molecule has 0 spiro atoms. The molecule has 1 unspecified atom stereocenters. The SMILES string of the molecule is CCNCCNC(=O)C1CCCN(C(=O)CCOc2ccccc2)C1. The summed E-state index contributed by atoms with van der Waals surface area (Å²) in [6, 6.07) is 9.48. The van der Waals surface area contributed by atoms with Gasteiger partial charge in [-0.2, -0.15) is 0 Å². The Kier molecular flexibility index (Phi) is 8.25. The Morgan fingerprint density at radius 1 is 1.24 bits per heavy atom. The second kappa shape index (κ2) is 10.7. The fraction of sp³-hybridized carbons (Fsp3) is 0.579. The Balaban J connectivity index is 1.70. The maximum atomic E-state index is 12.4. The van der Waals surface area contributed by atoms with Crippen LogP contribution in [0.15, 0.2) is 30.3 Å². The summed E-state index contributed by atoms with van der Waals surface area (Å²) in [5, 5.41) is 6.12. The molecule has 6 nitrogen and oxygen atoms in total. The van der Waals surface area contributed by atoms with Gasteiger partial charge in [0.25, 0.3) is 0 Å². The number of benzene rings is 1. The van der Waals surface area contributed by atoms with E-state index in [1.165, 1.54) is 0 Å². The molecule has 0 radical (unpaired) electrons. The van der Waals surface area contributed by atoms with Gasteiger partial charge >= 0.3 is 0 Å². The zero-order valence-corrected chi connectivity index (χ0v) is 15.0. The molecule has 2 rings (SSSR count). The fourth-order valence-corrected chi connectivity index (χ4v) is 2.94. The van der Waals surface area contributed by atoms with Crippen LogP contribution in [0.1, 0.15) is 26.2 Å². The van der Waals surface area contributed by atoms with Crippen molar-refractivity contribution in [3.05, 3.63) is 30.3 Å². The Morgan fingerprint density at radius 2 is 2.04 bits per heavy atom. The molecular formula is C19H29N3O3. The van der Waals surface area contributed by atoms with E-state index in [9.17, 15) is 9.59 Å². The van der Waals surface area contributed by atoms with Crippen LogP contribution in [0, 0.1) is 5.92 Å². The van der Waals surface area contributed by atoms with Crippen molar-refractivity contribution in [2.45, 2.75) is 26.2 Å². The summed E-state index contributed by atoms with van der Waals surface area (Å²) in [5.41, 5.74) is 0. The van der Waals surface area contributed by atoms with E-state index in [1.54, 1.807) is 4.90 Å². The summed E-state index contributed by atoms with van der Waals surface area (Å²) in [4.78, 5) is 26.4. The van der Waals surface area contributed by atoms with E-state index in [0.29, 0.717) is 26.1 Å². The van der Waals surface area contributed by atoms with Gasteiger partial charge in [-0.3, -0.25) is 9.59 Å². The second-order valence-electron chi connectivity index (χ2n) is 6.24. The van der Waals surface area contributed by atoms with Gasteiger partial charge in [0.05, 0.1) is 18.9 Å². The average molecular weight is 347 g/mol. The van der Waals surface area contributed by atoms with Crippen LogP contribution in [0.4, 0.5) is 0 Å². The van der Waals surface area contributed by atoms with Crippen molar-refractivity contribution in [1.82, 2.24) is 15.5 Å². The summed E-state index contributed by atoms with van der Waals surface area (Å²) in [6.45, 7) is 5.93. The molecule has 0 saturated carbocycles. The van der Waals surface area contributed by atoms with Crippen LogP contribution in [-0.4, -0.2) is 56.0 Å². The maximum absolute atomic E-state index is 12.4. The lowest BCUT2D eigenvalue weighted by Crippen LogP contribution is -2.46. The van der Waals surface area contributed by atoms with Crippen LogP contribution < -0.4 is 15.4 Å². The molecule has 1 aromatic rings. The van der Waals surface area contributed by atoms with Crippen LogP contribution in [-0.2, 0) is 9.59 Å². The molecule has 0 bridgehead atoms. The Morgan fingerprint density at radius 3 is 2.80 bits per heavy atom. The minimum absolute atomic E-state index is 0.0518. The van der Waals surface area contributed by atoms with Gasteiger partial charge in [0.2, 0.25) is 11.8 Å². The van der Waals surface area contributed by atoms with Crippen LogP contribution in [0.2, 0.25) is 0 Å². The third-order valence-electron chi connectivity index (χ3n) is 4.32. The highest BCUT2D eigenvalue weighted by atomic mass is 16.5. The van der Waals surface area contributed by atoms with Crippen molar-refractivity contribution in [2.24, 2.45) is 5.92 Å². The monoisotopic (exact) mass is 347 g/mol. The molecule has 138 valence electrons. The Bertz CT molecular complexity index is 536. The highest BCUT2D eigenvalue weighted by Gasteiger charge is 2.27.